The maximum atomic E-state index is 9.89. The van der Waals surface area contributed by atoms with Crippen molar-refractivity contribution in [3.8, 4) is 69.0 Å². The number of ether oxygens (including phenoxy) is 22. The number of fused-ring (bicyclic) bond motifs is 32. The predicted molar refractivity (Wildman–Crippen MR) is 486 cm³/mol. The summed E-state index contributed by atoms with van der Waals surface area (Å²) in [6.45, 7) is 34.7. The molecule has 12 heterocycles. The second-order valence-electron chi connectivity index (χ2n) is 35.6. The molecule has 712 valence electrons. The molecule has 39 heteroatoms. The summed E-state index contributed by atoms with van der Waals surface area (Å²) in [7, 11) is 9.07. The number of hydrogen-bond acceptors (Lipinski definition) is 37. The molecule has 6 aromatic rings. The Kier molecular flexibility index (Phi) is 24.4. The van der Waals surface area contributed by atoms with Crippen molar-refractivity contribution in [1.82, 2.24) is 9.97 Å². The zero-order valence-corrected chi connectivity index (χ0v) is 79.7. The predicted octanol–water partition coefficient (Wildman–Crippen LogP) is 10.4. The zero-order valence-electron chi connectivity index (χ0n) is 79.7. The van der Waals surface area contributed by atoms with Gasteiger partial charge in [0, 0.05) is 97.0 Å². The fourth-order valence-electron chi connectivity index (χ4n) is 16.5. The summed E-state index contributed by atoms with van der Waals surface area (Å²) in [5.74, 6) is -1.71. The van der Waals surface area contributed by atoms with Gasteiger partial charge in [0.2, 0.25) is 34.6 Å². The number of methoxy groups -OCH3 is 6. The summed E-state index contributed by atoms with van der Waals surface area (Å²) < 4.78 is 140. The zero-order chi connectivity index (χ0) is 95.6. The van der Waals surface area contributed by atoms with Crippen molar-refractivity contribution in [3.05, 3.63) is 161 Å². The van der Waals surface area contributed by atoms with Gasteiger partial charge in [0.25, 0.3) is 23.1 Å². The van der Waals surface area contributed by atoms with Crippen molar-refractivity contribution in [3.63, 3.8) is 0 Å². The van der Waals surface area contributed by atoms with E-state index >= 15 is 0 Å². The maximum Gasteiger partial charge on any atom is 0.273 e. The largest absolute Gasteiger partial charge is 0.493 e. The van der Waals surface area contributed by atoms with Gasteiger partial charge in [-0.3, -0.25) is 0 Å². The van der Waals surface area contributed by atoms with Crippen molar-refractivity contribution in [2.24, 2.45) is 59.9 Å². The number of benzene rings is 4. The van der Waals surface area contributed by atoms with E-state index in [1.807, 2.05) is 114 Å². The Hall–Kier alpha value is -12.6. The third-order valence-electron chi connectivity index (χ3n) is 24.5. The number of rotatable bonds is 26. The Labute approximate surface area is 772 Å². The van der Waals surface area contributed by atoms with Crippen molar-refractivity contribution in [2.45, 2.75) is 221 Å². The molecule has 16 bridgehead atoms. The van der Waals surface area contributed by atoms with E-state index in [1.54, 1.807) is 72.9 Å². The molecule has 6 atom stereocenters. The van der Waals surface area contributed by atoms with Gasteiger partial charge in [-0.2, -0.15) is 0 Å². The Balaban J connectivity index is 0.000000187. The molecule has 4 aromatic carbocycles. The van der Waals surface area contributed by atoms with Crippen LogP contribution in [0.1, 0.15) is 195 Å². The molecule has 12 aliphatic rings. The van der Waals surface area contributed by atoms with Gasteiger partial charge in [-0.05, 0) is 138 Å². The average Bonchev–Trinajstić information content (AvgIpc) is 1.56. The number of aliphatic imine (C=N–C) groups is 8. The molecule has 2 fully saturated rings. The smallest absolute Gasteiger partial charge is 0.273 e. The van der Waals surface area contributed by atoms with Crippen LogP contribution in [0.3, 0.4) is 0 Å². The van der Waals surface area contributed by atoms with Gasteiger partial charge in [-0.1, -0.05) is 6.92 Å². The fraction of sp³-hybridized carbons (Fsp3) is 0.495. The molecule has 0 amide bonds. The van der Waals surface area contributed by atoms with Gasteiger partial charge < -0.3 is 129 Å². The molecule has 10 aliphatic heterocycles. The fourth-order valence-corrected chi connectivity index (χ4v) is 16.5. The molecule has 2 aliphatic carbocycles. The van der Waals surface area contributed by atoms with Gasteiger partial charge in [-0.25, -0.2) is 59.9 Å². The van der Waals surface area contributed by atoms with Gasteiger partial charge in [0.05, 0.1) is 118 Å². The third kappa shape index (κ3) is 15.8. The van der Waals surface area contributed by atoms with Crippen LogP contribution in [-0.4, -0.2) is 231 Å². The number of nitrogens with zero attached hydrogens (tertiary/aromatic N) is 12. The van der Waals surface area contributed by atoms with Crippen LogP contribution < -0.4 is 78.8 Å². The van der Waals surface area contributed by atoms with Crippen LogP contribution in [0, 0.1) is 0 Å². The highest BCUT2D eigenvalue weighted by atomic mass is 16.8. The van der Waals surface area contributed by atoms with E-state index in [4.69, 9.17) is 164 Å². The van der Waals surface area contributed by atoms with Crippen molar-refractivity contribution in [2.75, 3.05) is 88.9 Å². The van der Waals surface area contributed by atoms with Gasteiger partial charge in [0.1, 0.15) is 65.8 Å². The first-order chi connectivity index (χ1) is 63.8. The molecule has 2 aromatic heterocycles. The standard InChI is InChI=1S/C49H59N7O11.C46H53N7O14/c1-22(2)60-28-17-19-30(62-24(5)6)34-32(28)40-50-26-21-27(37-36(26)65-48(12,58-15)49(13,59-16)66-37)51-41-33-29(61-23(3)4)18-20-31(63-25(7)8)35(33)43(53-41)55-45-39-38(44(56-45)54-42(34)52-40)64-46(9,10)47(11,57-14)67-39;1-10-18-60-25-11-12-27(62-20-16-55)31-29(25)37-47-23-22-24(34-33(23)65-45(5,58-8)46(6,59-9)66-34)48-38-30-26(61-19-15-54)13-14-28(63-21-17-56)32(30)39(50-38)51-41-35-36(42(53-41)52-40(31)49-37)67-44(4,57-7)43(2,3)64-35/h17-20,22-25H,21H2,1-16H3,(H,50,51,52,53,54,55,56);11-14,54-56H,10,15-22H2,1-9H3,(H,47,48,49,50,51,52,53). The Morgan fingerprint density at radius 2 is 0.493 bits per heavy atom. The van der Waals surface area contributed by atoms with E-state index < -0.39 is 45.9 Å². The second kappa shape index (κ2) is 35.0. The SMILES string of the molecule is CCCOc1ccc(OCCO)c2c1C1=NC3=C4OC(C)(OC)C(C)(OC)OC4=C(C3)N=C3N=C(N=c4[nH]c(c5c4OC(C)(C)C(C)(OC)O5)=NC2=N1)c1c(OCCO)ccc(OCCO)c13.COC1(C)Oc2c(c3[nH]c2=NC2=NC(=NC4=C5OC(C)(OC)C(C)(OC)OC5=C(C4)N=C4N=C(N=3)c3c(OC(C)C)ccc(OC(C)C)c34)c3c(OC(C)C)ccc(OC(C)C)c32)OC1(C)C. The normalized spacial score (nSPS) is 24.1. The Morgan fingerprint density at radius 3 is 0.709 bits per heavy atom. The molecule has 0 saturated carbocycles. The Morgan fingerprint density at radius 1 is 0.284 bits per heavy atom. The van der Waals surface area contributed by atoms with Crippen LogP contribution in [0.5, 0.6) is 69.0 Å². The summed E-state index contributed by atoms with van der Waals surface area (Å²) in [5.41, 5.74) is 3.97. The average molecular weight is 1850 g/mol. The highest BCUT2D eigenvalue weighted by molar-refractivity contribution is 6.28. The second-order valence-corrected chi connectivity index (χ2v) is 35.6. The van der Waals surface area contributed by atoms with E-state index in [0.717, 1.165) is 0 Å². The van der Waals surface area contributed by atoms with Gasteiger partial charge >= 0.3 is 0 Å². The van der Waals surface area contributed by atoms with E-state index in [-0.39, 0.29) is 192 Å². The monoisotopic (exact) mass is 1850 g/mol. The molecule has 0 spiro atoms. The van der Waals surface area contributed by atoms with Crippen LogP contribution in [0.25, 0.3) is 0 Å². The molecule has 0 radical (unpaired) electrons. The summed E-state index contributed by atoms with van der Waals surface area (Å²) in [5, 5.41) is 29.6. The number of aromatic amines is 2. The van der Waals surface area contributed by atoms with Crippen LogP contribution in [0.4, 0.5) is 0 Å². The minimum absolute atomic E-state index is 0.0177. The lowest BCUT2D eigenvalue weighted by atomic mass is 9.97. The number of aliphatic hydroxyl groups excluding tert-OH is 3. The molecular weight excluding hydrogens is 1740 g/mol. The molecule has 39 nitrogen and oxygen atoms in total. The Bertz CT molecular complexity index is 6520. The number of aliphatic hydroxyl groups is 3. The first-order valence-electron chi connectivity index (χ1n) is 44.4. The van der Waals surface area contributed by atoms with Crippen LogP contribution in [0.15, 0.2) is 154 Å². The summed E-state index contributed by atoms with van der Waals surface area (Å²) >= 11 is 0. The first kappa shape index (κ1) is 93.2. The van der Waals surface area contributed by atoms with Crippen LogP contribution in [-0.2, 0) is 47.4 Å². The van der Waals surface area contributed by atoms with Crippen molar-refractivity contribution in [1.29, 1.82) is 0 Å². The number of hydrogen-bond donors (Lipinski definition) is 5. The molecule has 18 rings (SSSR count). The highest BCUT2D eigenvalue weighted by Gasteiger charge is 2.61. The molecule has 5 N–H and O–H groups in total. The van der Waals surface area contributed by atoms with Gasteiger partial charge in [-0.15, -0.1) is 0 Å². The number of nitrogens with one attached hydrogen (secondary N) is 2. The number of H-pyrrole nitrogens is 2. The van der Waals surface area contributed by atoms with Gasteiger partial charge in [0.15, 0.2) is 103 Å². The minimum atomic E-state index is -1.51. The van der Waals surface area contributed by atoms with Crippen molar-refractivity contribution < 1.29 is 120 Å². The minimum Gasteiger partial charge on any atom is -0.493 e. The lowest BCUT2D eigenvalue weighted by molar-refractivity contribution is -0.384. The van der Waals surface area contributed by atoms with Crippen LogP contribution >= 0.6 is 0 Å². The highest BCUT2D eigenvalue weighted by Crippen LogP contribution is 2.55. The quantitative estimate of drug-likeness (QED) is 0.0337. The first-order valence-corrected chi connectivity index (χ1v) is 44.4. The lowest BCUT2D eigenvalue weighted by Gasteiger charge is -2.47. The van der Waals surface area contributed by atoms with E-state index in [9.17, 15) is 15.3 Å². The lowest BCUT2D eigenvalue weighted by Crippen LogP contribution is -2.60. The summed E-state index contributed by atoms with van der Waals surface area (Å²) in [6.07, 6.45) is -0.0251. The van der Waals surface area contributed by atoms with Crippen molar-refractivity contribution >= 4 is 46.7 Å². The molecule has 2 saturated heterocycles. The third-order valence-corrected chi connectivity index (χ3v) is 24.5. The van der Waals surface area contributed by atoms with E-state index in [0.29, 0.717) is 126 Å². The molecule has 134 heavy (non-hydrogen) atoms. The topological polar surface area (TPSA) is 444 Å². The maximum absolute atomic E-state index is 9.89. The molecule has 6 unspecified atom stereocenters. The van der Waals surface area contributed by atoms with E-state index in [1.165, 1.54) is 35.5 Å². The molecular formula is C95H112N14O25. The number of amidine groups is 8. The number of aromatic nitrogens is 2. The van der Waals surface area contributed by atoms with E-state index in [2.05, 4.69) is 9.97 Å². The van der Waals surface area contributed by atoms with Crippen LogP contribution in [0.2, 0.25) is 0 Å². The summed E-state index contributed by atoms with van der Waals surface area (Å²) in [6, 6.07) is 14.2. The summed E-state index contributed by atoms with van der Waals surface area (Å²) in [4.78, 5) is 68.7.